The maximum Gasteiger partial charge on any atom is 0.408 e. The monoisotopic (exact) mass is 287 g/mol. The van der Waals surface area contributed by atoms with E-state index >= 15 is 0 Å². The molecule has 0 radical (unpaired) electrons. The van der Waals surface area contributed by atoms with Crippen LogP contribution in [0.3, 0.4) is 0 Å². The number of aryl methyl sites for hydroxylation is 1. The predicted molar refractivity (Wildman–Crippen MR) is 65.8 cm³/mol. The van der Waals surface area contributed by atoms with E-state index in [1.165, 1.54) is 31.2 Å². The summed E-state index contributed by atoms with van der Waals surface area (Å²) in [6.07, 6.45) is 0. The van der Waals surface area contributed by atoms with Gasteiger partial charge in [0.05, 0.1) is 16.4 Å². The van der Waals surface area contributed by atoms with E-state index in [-0.39, 0.29) is 11.5 Å². The van der Waals surface area contributed by atoms with E-state index in [9.17, 15) is 23.3 Å². The molecule has 0 aromatic heterocycles. The van der Waals surface area contributed by atoms with Gasteiger partial charge in [0.2, 0.25) is 0 Å². The van der Waals surface area contributed by atoms with Crippen LogP contribution in [0.4, 0.5) is 0 Å². The van der Waals surface area contributed by atoms with Gasteiger partial charge in [-0.15, -0.1) is 0 Å². The number of hydrogen-bond acceptors (Lipinski definition) is 6. The molecule has 0 aliphatic rings. The van der Waals surface area contributed by atoms with Gasteiger partial charge in [0, 0.05) is 0 Å². The highest BCUT2D eigenvalue weighted by molar-refractivity contribution is 7.92. The van der Waals surface area contributed by atoms with Crippen molar-refractivity contribution < 1.29 is 22.9 Å². The molecule has 0 fully saturated rings. The summed E-state index contributed by atoms with van der Waals surface area (Å²) in [7, 11) is -4.41. The molecule has 8 heteroatoms. The lowest BCUT2D eigenvalue weighted by Crippen LogP contribution is -2.38. The Kier molecular flexibility index (Phi) is 4.60. The predicted octanol–water partition coefficient (Wildman–Crippen LogP) is 0.935. The van der Waals surface area contributed by atoms with E-state index in [1.54, 1.807) is 6.92 Å². The molecule has 1 rings (SSSR count). The first-order valence-electron chi connectivity index (χ1n) is 5.41. The minimum atomic E-state index is -4.41. The number of sulfone groups is 1. The van der Waals surface area contributed by atoms with E-state index in [2.05, 4.69) is 4.74 Å². The van der Waals surface area contributed by atoms with Gasteiger partial charge in [0.25, 0.3) is 9.84 Å². The number of esters is 1. The fourth-order valence-electron chi connectivity index (χ4n) is 1.40. The van der Waals surface area contributed by atoms with E-state index in [0.717, 1.165) is 5.56 Å². The molecule has 1 atom stereocenters. The molecule has 0 amide bonds. The fourth-order valence-corrected chi connectivity index (χ4v) is 2.72. The van der Waals surface area contributed by atoms with Crippen molar-refractivity contribution >= 4 is 15.8 Å². The van der Waals surface area contributed by atoms with Gasteiger partial charge >= 0.3 is 11.3 Å². The van der Waals surface area contributed by atoms with Crippen LogP contribution in [0.5, 0.6) is 0 Å². The number of benzene rings is 1. The average molecular weight is 287 g/mol. The molecule has 0 aliphatic heterocycles. The molecule has 1 aromatic rings. The Hall–Kier alpha value is -1.96. The highest BCUT2D eigenvalue weighted by atomic mass is 32.2. The highest BCUT2D eigenvalue weighted by Crippen LogP contribution is 2.18. The van der Waals surface area contributed by atoms with E-state index in [1.807, 2.05) is 0 Å². The summed E-state index contributed by atoms with van der Waals surface area (Å²) >= 11 is 0. The summed E-state index contributed by atoms with van der Waals surface area (Å²) < 4.78 is 28.6. The molecule has 0 N–H and O–H groups in total. The fraction of sp³-hybridized carbons (Fsp3) is 0.364. The number of hydrogen-bond donors (Lipinski definition) is 0. The van der Waals surface area contributed by atoms with Gasteiger partial charge in [-0.25, -0.2) is 13.2 Å². The Labute approximate surface area is 110 Å². The molecule has 1 unspecified atom stereocenters. The quantitative estimate of drug-likeness (QED) is 0.453. The Morgan fingerprint density at radius 2 is 1.89 bits per heavy atom. The Morgan fingerprint density at radius 3 is 2.32 bits per heavy atom. The zero-order valence-corrected chi connectivity index (χ0v) is 11.2. The number of carbonyl (C=O) groups is 1. The lowest BCUT2D eigenvalue weighted by molar-refractivity contribution is -0.486. The molecular weight excluding hydrogens is 274 g/mol. The Bertz CT molecular complexity index is 578. The molecule has 0 heterocycles. The van der Waals surface area contributed by atoms with Crippen LogP contribution in [0.15, 0.2) is 29.2 Å². The first-order chi connectivity index (χ1) is 8.80. The summed E-state index contributed by atoms with van der Waals surface area (Å²) in [6, 6.07) is 5.44. The summed E-state index contributed by atoms with van der Waals surface area (Å²) in [5.41, 5.74) is 0.799. The summed E-state index contributed by atoms with van der Waals surface area (Å²) in [4.78, 5) is 20.8. The SMILES string of the molecule is CCOC(=O)C([N+](=O)[O-])S(=O)(=O)c1ccc(C)cc1. The smallest absolute Gasteiger partial charge is 0.408 e. The zero-order valence-electron chi connectivity index (χ0n) is 10.4. The van der Waals surface area contributed by atoms with Crippen molar-refractivity contribution in [2.75, 3.05) is 6.61 Å². The molecule has 0 saturated heterocycles. The third-order valence-corrected chi connectivity index (χ3v) is 4.20. The van der Waals surface area contributed by atoms with Crippen LogP contribution < -0.4 is 0 Å². The normalized spacial score (nSPS) is 12.7. The van der Waals surface area contributed by atoms with Gasteiger partial charge in [-0.3, -0.25) is 10.1 Å². The number of nitrogens with zero attached hydrogens (tertiary/aromatic N) is 1. The summed E-state index contributed by atoms with van der Waals surface area (Å²) in [5.74, 6) is -1.38. The van der Waals surface area contributed by atoms with Crippen molar-refractivity contribution in [2.45, 2.75) is 24.1 Å². The molecule has 19 heavy (non-hydrogen) atoms. The van der Waals surface area contributed by atoms with Crippen molar-refractivity contribution in [2.24, 2.45) is 0 Å². The molecule has 0 aliphatic carbocycles. The van der Waals surface area contributed by atoms with Crippen LogP contribution >= 0.6 is 0 Å². The maximum absolute atomic E-state index is 12.1. The van der Waals surface area contributed by atoms with Crippen molar-refractivity contribution in [1.82, 2.24) is 0 Å². The molecule has 1 aromatic carbocycles. The average Bonchev–Trinajstić information content (AvgIpc) is 2.28. The third kappa shape index (κ3) is 3.28. The van der Waals surface area contributed by atoms with Gasteiger partial charge < -0.3 is 4.74 Å². The molecule has 0 bridgehead atoms. The van der Waals surface area contributed by atoms with Crippen LogP contribution in [0.25, 0.3) is 0 Å². The van der Waals surface area contributed by atoms with Crippen LogP contribution in [0.1, 0.15) is 12.5 Å². The second-order valence-electron chi connectivity index (χ2n) is 3.75. The molecule has 104 valence electrons. The third-order valence-electron chi connectivity index (χ3n) is 2.32. The van der Waals surface area contributed by atoms with Crippen molar-refractivity contribution in [3.8, 4) is 0 Å². The van der Waals surface area contributed by atoms with Crippen LogP contribution in [-0.4, -0.2) is 31.3 Å². The second-order valence-corrected chi connectivity index (χ2v) is 5.76. The zero-order chi connectivity index (χ0) is 14.6. The van der Waals surface area contributed by atoms with E-state index in [0.29, 0.717) is 0 Å². The number of ether oxygens (including phenoxy) is 1. The van der Waals surface area contributed by atoms with E-state index in [4.69, 9.17) is 0 Å². The minimum Gasteiger partial charge on any atom is -0.460 e. The van der Waals surface area contributed by atoms with Crippen molar-refractivity contribution in [1.29, 1.82) is 0 Å². The number of rotatable bonds is 5. The molecule has 0 spiro atoms. The Morgan fingerprint density at radius 1 is 1.37 bits per heavy atom. The lowest BCUT2D eigenvalue weighted by Gasteiger charge is -2.09. The van der Waals surface area contributed by atoms with E-state index < -0.39 is 26.1 Å². The van der Waals surface area contributed by atoms with Gasteiger partial charge in [0.1, 0.15) is 0 Å². The van der Waals surface area contributed by atoms with Crippen LogP contribution in [-0.2, 0) is 19.4 Å². The summed E-state index contributed by atoms with van der Waals surface area (Å²) in [6.45, 7) is 3.05. The van der Waals surface area contributed by atoms with Crippen molar-refractivity contribution in [3.63, 3.8) is 0 Å². The number of carbonyl (C=O) groups excluding carboxylic acids is 1. The Balaban J connectivity index is 3.24. The summed E-state index contributed by atoms with van der Waals surface area (Å²) in [5, 5.41) is 8.39. The minimum absolute atomic E-state index is 0.132. The molecule has 0 saturated carbocycles. The molecule has 7 nitrogen and oxygen atoms in total. The second kappa shape index (κ2) is 5.79. The van der Waals surface area contributed by atoms with Gasteiger partial charge in [0.15, 0.2) is 0 Å². The van der Waals surface area contributed by atoms with Gasteiger partial charge in [-0.2, -0.15) is 0 Å². The van der Waals surface area contributed by atoms with Gasteiger partial charge in [-0.05, 0) is 26.0 Å². The molecular formula is C11H13NO6S. The van der Waals surface area contributed by atoms with Crippen molar-refractivity contribution in [3.05, 3.63) is 39.9 Å². The standard InChI is InChI=1S/C11H13NO6S/c1-3-18-11(13)10(12(14)15)19(16,17)9-6-4-8(2)5-7-9/h4-7,10H,3H2,1-2H3. The first-order valence-corrected chi connectivity index (χ1v) is 6.96. The first kappa shape index (κ1) is 15.1. The largest absolute Gasteiger partial charge is 0.460 e. The lowest BCUT2D eigenvalue weighted by atomic mass is 10.2. The van der Waals surface area contributed by atoms with Crippen LogP contribution in [0.2, 0.25) is 0 Å². The number of nitro groups is 1. The maximum atomic E-state index is 12.1. The van der Waals surface area contributed by atoms with Crippen LogP contribution in [0, 0.1) is 17.0 Å². The topological polar surface area (TPSA) is 104 Å². The van der Waals surface area contributed by atoms with Gasteiger partial charge in [-0.1, -0.05) is 17.7 Å². The highest BCUT2D eigenvalue weighted by Gasteiger charge is 2.45.